The molecule has 0 heterocycles. The predicted octanol–water partition coefficient (Wildman–Crippen LogP) is 2.25. The summed E-state index contributed by atoms with van der Waals surface area (Å²) >= 11 is 3.25. The molecule has 0 fully saturated rings. The first-order valence-electron chi connectivity index (χ1n) is 6.77. The molecule has 0 unspecified atom stereocenters. The first kappa shape index (κ1) is 17.5. The topological polar surface area (TPSA) is 100 Å². The summed E-state index contributed by atoms with van der Waals surface area (Å²) in [7, 11) is 1.46. The molecule has 0 aliphatic carbocycles. The lowest BCUT2D eigenvalue weighted by molar-refractivity contribution is -0.136. The molecule has 2 aromatic carbocycles. The molecule has 24 heavy (non-hydrogen) atoms. The number of hydrogen-bond acceptors (Lipinski definition) is 5. The second kappa shape index (κ2) is 8.11. The number of para-hydroxylation sites is 2. The van der Waals surface area contributed by atoms with Gasteiger partial charge in [0, 0.05) is 10.0 Å². The van der Waals surface area contributed by atoms with Crippen LogP contribution >= 0.6 is 15.9 Å². The minimum Gasteiger partial charge on any atom is -0.507 e. The summed E-state index contributed by atoms with van der Waals surface area (Å²) < 4.78 is 5.82. The number of aromatic hydroxyl groups is 1. The van der Waals surface area contributed by atoms with Gasteiger partial charge >= 0.3 is 11.8 Å². The Morgan fingerprint density at radius 3 is 2.71 bits per heavy atom. The van der Waals surface area contributed by atoms with Crippen LogP contribution in [0.25, 0.3) is 0 Å². The summed E-state index contributed by atoms with van der Waals surface area (Å²) in [5.74, 6) is -1.42. The molecular weight excluding hydrogens is 378 g/mol. The first-order valence-corrected chi connectivity index (χ1v) is 7.56. The lowest BCUT2D eigenvalue weighted by Gasteiger charge is -2.08. The number of phenols is 1. The molecule has 0 aliphatic rings. The fourth-order valence-corrected chi connectivity index (χ4v) is 2.15. The zero-order valence-corrected chi connectivity index (χ0v) is 14.2. The minimum absolute atomic E-state index is 0.00493. The van der Waals surface area contributed by atoms with E-state index in [0.717, 1.165) is 4.47 Å². The Labute approximate surface area is 146 Å². The Morgan fingerprint density at radius 1 is 1.21 bits per heavy atom. The summed E-state index contributed by atoms with van der Waals surface area (Å²) in [6.07, 6.45) is 1.23. The zero-order valence-electron chi connectivity index (χ0n) is 12.6. The molecule has 0 aromatic heterocycles. The molecule has 0 spiro atoms. The number of carbonyl (C=O) groups is 2. The van der Waals surface area contributed by atoms with Crippen molar-refractivity contribution in [2.75, 3.05) is 12.4 Å². The highest BCUT2D eigenvalue weighted by Gasteiger charge is 2.14. The van der Waals surface area contributed by atoms with Crippen LogP contribution in [0, 0.1) is 0 Å². The number of ether oxygens (including phenoxy) is 1. The number of nitrogens with one attached hydrogen (secondary N) is 2. The van der Waals surface area contributed by atoms with Crippen molar-refractivity contribution in [2.24, 2.45) is 5.10 Å². The molecule has 2 amide bonds. The summed E-state index contributed by atoms with van der Waals surface area (Å²) in [5, 5.41) is 15.7. The second-order valence-corrected chi connectivity index (χ2v) is 5.47. The first-order chi connectivity index (χ1) is 11.5. The minimum atomic E-state index is -0.952. The van der Waals surface area contributed by atoms with E-state index in [2.05, 4.69) is 31.8 Å². The second-order valence-electron chi connectivity index (χ2n) is 4.56. The van der Waals surface area contributed by atoms with Crippen molar-refractivity contribution in [1.82, 2.24) is 5.43 Å². The quantitative estimate of drug-likeness (QED) is 0.422. The van der Waals surface area contributed by atoms with Crippen molar-refractivity contribution < 1.29 is 19.4 Å². The fourth-order valence-electron chi connectivity index (χ4n) is 1.77. The lowest BCUT2D eigenvalue weighted by Crippen LogP contribution is -2.32. The number of halogens is 1. The Hall–Kier alpha value is -2.87. The van der Waals surface area contributed by atoms with Crippen LogP contribution in [-0.4, -0.2) is 30.2 Å². The Balaban J connectivity index is 1.98. The largest absolute Gasteiger partial charge is 0.507 e. The van der Waals surface area contributed by atoms with E-state index in [9.17, 15) is 14.7 Å². The number of methoxy groups -OCH3 is 1. The molecule has 0 radical (unpaired) electrons. The van der Waals surface area contributed by atoms with Crippen molar-refractivity contribution in [2.45, 2.75) is 0 Å². The number of hydrazone groups is 1. The summed E-state index contributed by atoms with van der Waals surface area (Å²) in [6, 6.07) is 11.4. The van der Waals surface area contributed by atoms with Crippen molar-refractivity contribution in [1.29, 1.82) is 0 Å². The van der Waals surface area contributed by atoms with Gasteiger partial charge in [0.1, 0.15) is 11.5 Å². The zero-order chi connectivity index (χ0) is 17.5. The van der Waals surface area contributed by atoms with Crippen LogP contribution in [0.5, 0.6) is 11.5 Å². The van der Waals surface area contributed by atoms with E-state index in [1.807, 2.05) is 0 Å². The van der Waals surface area contributed by atoms with Crippen LogP contribution in [0.4, 0.5) is 5.69 Å². The number of amides is 2. The molecule has 3 N–H and O–H groups in total. The maximum atomic E-state index is 11.8. The summed E-state index contributed by atoms with van der Waals surface area (Å²) in [4.78, 5) is 23.6. The van der Waals surface area contributed by atoms with Gasteiger partial charge < -0.3 is 15.2 Å². The molecule has 2 aromatic rings. The summed E-state index contributed by atoms with van der Waals surface area (Å²) in [5.41, 5.74) is 2.84. The highest BCUT2D eigenvalue weighted by Crippen LogP contribution is 2.22. The molecule has 0 aliphatic heterocycles. The third kappa shape index (κ3) is 4.56. The lowest BCUT2D eigenvalue weighted by atomic mass is 10.2. The van der Waals surface area contributed by atoms with Crippen molar-refractivity contribution in [3.05, 3.63) is 52.5 Å². The van der Waals surface area contributed by atoms with Gasteiger partial charge in [-0.05, 0) is 30.3 Å². The van der Waals surface area contributed by atoms with Gasteiger partial charge in [-0.15, -0.1) is 0 Å². The van der Waals surface area contributed by atoms with Crippen LogP contribution in [0.3, 0.4) is 0 Å². The third-order valence-electron chi connectivity index (χ3n) is 2.92. The molecule has 0 atom stereocenters. The Kier molecular flexibility index (Phi) is 5.91. The van der Waals surface area contributed by atoms with Crippen molar-refractivity contribution >= 4 is 39.6 Å². The number of rotatable bonds is 4. The van der Waals surface area contributed by atoms with Gasteiger partial charge in [0.15, 0.2) is 0 Å². The van der Waals surface area contributed by atoms with Crippen LogP contribution in [-0.2, 0) is 9.59 Å². The average Bonchev–Trinajstić information content (AvgIpc) is 2.58. The standard InChI is InChI=1S/C16H14BrN3O4/c1-24-14-5-3-2-4-12(14)19-15(22)16(23)20-18-9-10-8-11(17)6-7-13(10)21/h2-9,21H,1H3,(H,19,22)(H,20,23)/b18-9-. The highest BCUT2D eigenvalue weighted by molar-refractivity contribution is 9.10. The number of nitrogens with zero attached hydrogens (tertiary/aromatic N) is 1. The van der Waals surface area contributed by atoms with Gasteiger partial charge in [0.25, 0.3) is 0 Å². The fraction of sp³-hybridized carbons (Fsp3) is 0.0625. The number of hydrogen-bond donors (Lipinski definition) is 3. The van der Waals surface area contributed by atoms with E-state index in [1.165, 1.54) is 19.4 Å². The average molecular weight is 392 g/mol. The van der Waals surface area contributed by atoms with E-state index in [-0.39, 0.29) is 5.75 Å². The van der Waals surface area contributed by atoms with Crippen LogP contribution in [0.1, 0.15) is 5.56 Å². The van der Waals surface area contributed by atoms with Gasteiger partial charge in [0.05, 0.1) is 19.0 Å². The van der Waals surface area contributed by atoms with Gasteiger partial charge in [-0.3, -0.25) is 9.59 Å². The van der Waals surface area contributed by atoms with Gasteiger partial charge in [-0.25, -0.2) is 5.43 Å². The molecule has 2 rings (SSSR count). The van der Waals surface area contributed by atoms with Gasteiger partial charge in [-0.2, -0.15) is 5.10 Å². The molecule has 0 saturated heterocycles. The summed E-state index contributed by atoms with van der Waals surface area (Å²) in [6.45, 7) is 0. The molecule has 124 valence electrons. The van der Waals surface area contributed by atoms with E-state index in [0.29, 0.717) is 17.0 Å². The van der Waals surface area contributed by atoms with E-state index < -0.39 is 11.8 Å². The maximum Gasteiger partial charge on any atom is 0.329 e. The van der Waals surface area contributed by atoms with E-state index in [4.69, 9.17) is 4.74 Å². The van der Waals surface area contributed by atoms with E-state index in [1.54, 1.807) is 36.4 Å². The van der Waals surface area contributed by atoms with Gasteiger partial charge in [-0.1, -0.05) is 28.1 Å². The van der Waals surface area contributed by atoms with Crippen molar-refractivity contribution in [3.63, 3.8) is 0 Å². The van der Waals surface area contributed by atoms with Crippen LogP contribution in [0.2, 0.25) is 0 Å². The predicted molar refractivity (Wildman–Crippen MR) is 93.2 cm³/mol. The number of carbonyl (C=O) groups excluding carboxylic acids is 2. The number of anilines is 1. The molecule has 7 nitrogen and oxygen atoms in total. The monoisotopic (exact) mass is 391 g/mol. The Bertz CT molecular complexity index is 793. The highest BCUT2D eigenvalue weighted by atomic mass is 79.9. The molecule has 0 saturated carbocycles. The van der Waals surface area contributed by atoms with Gasteiger partial charge in [0.2, 0.25) is 0 Å². The van der Waals surface area contributed by atoms with E-state index >= 15 is 0 Å². The number of benzene rings is 2. The SMILES string of the molecule is COc1ccccc1NC(=O)C(=O)N/N=C\c1cc(Br)ccc1O. The molecule has 0 bridgehead atoms. The smallest absolute Gasteiger partial charge is 0.329 e. The number of phenolic OH excluding ortho intramolecular Hbond substituents is 1. The normalized spacial score (nSPS) is 10.4. The Morgan fingerprint density at radius 2 is 1.96 bits per heavy atom. The van der Waals surface area contributed by atoms with Crippen LogP contribution < -0.4 is 15.5 Å². The third-order valence-corrected chi connectivity index (χ3v) is 3.41. The molecule has 8 heteroatoms. The van der Waals surface area contributed by atoms with Crippen molar-refractivity contribution in [3.8, 4) is 11.5 Å². The molecular formula is C16H14BrN3O4. The van der Waals surface area contributed by atoms with Crippen LogP contribution in [0.15, 0.2) is 52.0 Å². The maximum absolute atomic E-state index is 11.8.